The molecule has 0 saturated heterocycles. The molecule has 1 fully saturated rings. The minimum atomic E-state index is 0.522. The third kappa shape index (κ3) is 3.47. The molecule has 120 valence electrons. The van der Waals surface area contributed by atoms with Gasteiger partial charge in [-0.05, 0) is 37.2 Å². The van der Waals surface area contributed by atoms with Crippen LogP contribution in [0.15, 0.2) is 24.3 Å². The molecule has 1 aliphatic rings. The van der Waals surface area contributed by atoms with Gasteiger partial charge in [0, 0.05) is 31.6 Å². The van der Waals surface area contributed by atoms with Crippen LogP contribution < -0.4 is 0 Å². The highest BCUT2D eigenvalue weighted by Gasteiger charge is 2.29. The summed E-state index contributed by atoms with van der Waals surface area (Å²) >= 11 is 11.8. The number of nitrogens with zero attached hydrogens (tertiary/aromatic N) is 5. The van der Waals surface area contributed by atoms with Gasteiger partial charge >= 0.3 is 0 Å². The molecule has 0 radical (unpaired) electrons. The Morgan fingerprint density at radius 1 is 1.43 bits per heavy atom. The minimum Gasteiger partial charge on any atom is -0.303 e. The number of rotatable bonds is 6. The van der Waals surface area contributed by atoms with Gasteiger partial charge in [0.15, 0.2) is 10.6 Å². The molecular formula is C16H18ClN5S. The first-order chi connectivity index (χ1) is 11.1. The van der Waals surface area contributed by atoms with Crippen LogP contribution in [0.2, 0.25) is 5.02 Å². The largest absolute Gasteiger partial charge is 0.303 e. The molecule has 0 N–H and O–H groups in total. The van der Waals surface area contributed by atoms with Gasteiger partial charge < -0.3 is 4.57 Å². The second kappa shape index (κ2) is 6.83. The van der Waals surface area contributed by atoms with Crippen molar-refractivity contribution in [1.29, 1.82) is 5.26 Å². The Bertz CT molecular complexity index is 800. The third-order valence-corrected chi connectivity index (χ3v) is 4.86. The molecule has 23 heavy (non-hydrogen) atoms. The Kier molecular flexibility index (Phi) is 4.81. The van der Waals surface area contributed by atoms with Crippen LogP contribution in [0, 0.1) is 16.1 Å². The molecule has 0 spiro atoms. The van der Waals surface area contributed by atoms with Gasteiger partial charge in [-0.3, -0.25) is 4.90 Å². The molecule has 0 unspecified atom stereocenters. The van der Waals surface area contributed by atoms with Crippen LogP contribution in [0.5, 0.6) is 0 Å². The lowest BCUT2D eigenvalue weighted by atomic mass is 10.2. The van der Waals surface area contributed by atoms with Gasteiger partial charge in [-0.1, -0.05) is 23.7 Å². The molecule has 1 aromatic carbocycles. The van der Waals surface area contributed by atoms with E-state index in [1.807, 2.05) is 40.6 Å². The van der Waals surface area contributed by atoms with Crippen molar-refractivity contribution in [3.63, 3.8) is 0 Å². The Balaban J connectivity index is 1.89. The molecular weight excluding hydrogens is 330 g/mol. The van der Waals surface area contributed by atoms with Crippen LogP contribution in [0.25, 0.3) is 11.4 Å². The van der Waals surface area contributed by atoms with Crippen molar-refractivity contribution in [1.82, 2.24) is 19.2 Å². The van der Waals surface area contributed by atoms with Crippen molar-refractivity contribution in [3.05, 3.63) is 34.1 Å². The van der Waals surface area contributed by atoms with Gasteiger partial charge in [0.2, 0.25) is 0 Å². The van der Waals surface area contributed by atoms with E-state index in [1.54, 1.807) is 0 Å². The molecule has 1 heterocycles. The zero-order chi connectivity index (χ0) is 16.4. The van der Waals surface area contributed by atoms with Gasteiger partial charge in [-0.15, -0.1) is 0 Å². The predicted octanol–water partition coefficient (Wildman–Crippen LogP) is 3.61. The lowest BCUT2D eigenvalue weighted by Gasteiger charge is -2.20. The Morgan fingerprint density at radius 3 is 2.83 bits per heavy atom. The van der Waals surface area contributed by atoms with Gasteiger partial charge in [0.1, 0.15) is 0 Å². The zero-order valence-corrected chi connectivity index (χ0v) is 14.5. The zero-order valence-electron chi connectivity index (χ0n) is 12.9. The van der Waals surface area contributed by atoms with Crippen LogP contribution in [-0.4, -0.2) is 31.8 Å². The van der Waals surface area contributed by atoms with Crippen LogP contribution in [0.3, 0.4) is 0 Å². The summed E-state index contributed by atoms with van der Waals surface area (Å²) < 4.78 is 4.36. The fraction of sp³-hybridized carbons (Fsp3) is 0.438. The summed E-state index contributed by atoms with van der Waals surface area (Å²) in [5.74, 6) is 0.761. The maximum atomic E-state index is 8.83. The van der Waals surface area contributed by atoms with Crippen LogP contribution in [0.4, 0.5) is 0 Å². The number of halogens is 1. The Labute approximate surface area is 145 Å². The number of benzene rings is 1. The lowest BCUT2D eigenvalue weighted by Crippen LogP contribution is -2.30. The van der Waals surface area contributed by atoms with E-state index in [-0.39, 0.29) is 0 Å². The van der Waals surface area contributed by atoms with Crippen molar-refractivity contribution < 1.29 is 0 Å². The van der Waals surface area contributed by atoms with Crippen molar-refractivity contribution in [2.45, 2.75) is 32.0 Å². The van der Waals surface area contributed by atoms with E-state index >= 15 is 0 Å². The van der Waals surface area contributed by atoms with Gasteiger partial charge in [-0.2, -0.15) is 10.4 Å². The first-order valence-corrected chi connectivity index (χ1v) is 8.40. The first kappa shape index (κ1) is 16.2. The van der Waals surface area contributed by atoms with Crippen molar-refractivity contribution in [2.24, 2.45) is 7.05 Å². The quantitative estimate of drug-likeness (QED) is 0.749. The lowest BCUT2D eigenvalue weighted by molar-refractivity contribution is 0.199. The fourth-order valence-corrected chi connectivity index (χ4v) is 3.04. The molecule has 1 aromatic heterocycles. The minimum absolute atomic E-state index is 0.522. The maximum absolute atomic E-state index is 8.83. The highest BCUT2D eigenvalue weighted by atomic mass is 35.5. The highest BCUT2D eigenvalue weighted by Crippen LogP contribution is 2.29. The average molecular weight is 348 g/mol. The fourth-order valence-electron chi connectivity index (χ4n) is 2.63. The van der Waals surface area contributed by atoms with Crippen LogP contribution in [0.1, 0.15) is 19.3 Å². The van der Waals surface area contributed by atoms with E-state index in [4.69, 9.17) is 29.1 Å². The molecule has 0 aliphatic heterocycles. The summed E-state index contributed by atoms with van der Waals surface area (Å²) in [6.45, 7) is 1.37. The normalized spacial score (nSPS) is 14.2. The SMILES string of the molecule is Cn1c(-c2ccccc2Cl)nn(CN(CCC#N)C2CC2)c1=S. The summed E-state index contributed by atoms with van der Waals surface area (Å²) in [6, 6.07) is 10.4. The van der Waals surface area contributed by atoms with E-state index in [0.717, 1.165) is 17.9 Å². The standard InChI is InChI=1S/C16H18ClN5S/c1-20-15(13-5-2-3-6-14(13)17)19-22(16(20)23)11-21(10-4-9-18)12-7-8-12/h2-3,5-6,12H,4,7-8,10-11H2,1H3. The number of nitriles is 1. The van der Waals surface area contributed by atoms with Gasteiger partial charge in [0.25, 0.3) is 0 Å². The molecule has 7 heteroatoms. The molecule has 0 bridgehead atoms. The van der Waals surface area contributed by atoms with E-state index in [0.29, 0.717) is 28.9 Å². The van der Waals surface area contributed by atoms with Crippen molar-refractivity contribution in [3.8, 4) is 17.5 Å². The second-order valence-electron chi connectivity index (χ2n) is 5.74. The number of aromatic nitrogens is 3. The summed E-state index contributed by atoms with van der Waals surface area (Å²) in [5.41, 5.74) is 0.872. The monoisotopic (exact) mass is 347 g/mol. The molecule has 0 amide bonds. The van der Waals surface area contributed by atoms with E-state index in [9.17, 15) is 0 Å². The van der Waals surface area contributed by atoms with Crippen LogP contribution >= 0.6 is 23.8 Å². The van der Waals surface area contributed by atoms with Crippen LogP contribution in [-0.2, 0) is 13.7 Å². The summed E-state index contributed by atoms with van der Waals surface area (Å²) in [7, 11) is 1.90. The second-order valence-corrected chi connectivity index (χ2v) is 6.51. The molecule has 5 nitrogen and oxygen atoms in total. The predicted molar refractivity (Wildman–Crippen MR) is 92.4 cm³/mol. The molecule has 0 atom stereocenters. The topological polar surface area (TPSA) is 49.8 Å². The first-order valence-electron chi connectivity index (χ1n) is 7.61. The van der Waals surface area contributed by atoms with Gasteiger partial charge in [-0.25, -0.2) is 4.68 Å². The molecule has 1 aliphatic carbocycles. The number of hydrogen-bond acceptors (Lipinski definition) is 4. The summed E-state index contributed by atoms with van der Waals surface area (Å²) in [4.78, 5) is 2.28. The molecule has 3 rings (SSSR count). The maximum Gasteiger partial charge on any atom is 0.199 e. The molecule has 2 aromatic rings. The van der Waals surface area contributed by atoms with E-state index < -0.39 is 0 Å². The third-order valence-electron chi connectivity index (χ3n) is 4.05. The number of hydrogen-bond donors (Lipinski definition) is 0. The van der Waals surface area contributed by atoms with E-state index in [2.05, 4.69) is 16.1 Å². The highest BCUT2D eigenvalue weighted by molar-refractivity contribution is 7.71. The summed E-state index contributed by atoms with van der Waals surface area (Å²) in [5, 5.41) is 14.2. The van der Waals surface area contributed by atoms with Gasteiger partial charge in [0.05, 0.1) is 17.8 Å². The van der Waals surface area contributed by atoms with E-state index in [1.165, 1.54) is 12.8 Å². The average Bonchev–Trinajstić information content (AvgIpc) is 3.35. The van der Waals surface area contributed by atoms with Crippen molar-refractivity contribution >= 4 is 23.8 Å². The summed E-state index contributed by atoms with van der Waals surface area (Å²) in [6.07, 6.45) is 2.89. The Morgan fingerprint density at radius 2 is 2.17 bits per heavy atom. The van der Waals surface area contributed by atoms with Crippen molar-refractivity contribution in [2.75, 3.05) is 6.54 Å². The Hall–Kier alpha value is -1.68. The smallest absolute Gasteiger partial charge is 0.199 e. The molecule has 1 saturated carbocycles.